The summed E-state index contributed by atoms with van der Waals surface area (Å²) in [4.78, 5) is 12.1. The van der Waals surface area contributed by atoms with E-state index in [-0.39, 0.29) is 18.7 Å². The monoisotopic (exact) mass is 373 g/mol. The number of hydrogen-bond acceptors (Lipinski definition) is 4. The molecule has 2 aromatic rings. The number of carbonyl (C=O) groups excluding carboxylic acids is 1. The van der Waals surface area contributed by atoms with Crippen LogP contribution < -0.4 is 5.32 Å². The smallest absolute Gasteiger partial charge is 0.424 e. The van der Waals surface area contributed by atoms with Crippen molar-refractivity contribution in [3.63, 3.8) is 0 Å². The van der Waals surface area contributed by atoms with E-state index >= 15 is 0 Å². The summed E-state index contributed by atoms with van der Waals surface area (Å²) < 4.78 is 46.6. The van der Waals surface area contributed by atoms with Crippen LogP contribution >= 0.6 is 0 Å². The standard InChI is InChI=1S/C17H22F3N3O3/c1-10-5-6-14(26-10)16(25,17(18,19)20)7-8-21-15(24)9-13-11(2)22-23(4)12(13)3/h5-6,25H,7-9H2,1-4H3,(H,21,24)/t16-/m1/s1. The lowest BCUT2D eigenvalue weighted by molar-refractivity contribution is -0.274. The quantitative estimate of drug-likeness (QED) is 0.815. The minimum absolute atomic E-state index is 0.00974. The summed E-state index contributed by atoms with van der Waals surface area (Å²) >= 11 is 0. The van der Waals surface area contributed by atoms with Crippen LogP contribution in [0.15, 0.2) is 16.5 Å². The summed E-state index contributed by atoms with van der Waals surface area (Å²) in [5, 5.41) is 16.8. The molecule has 1 amide bonds. The third-order valence-electron chi connectivity index (χ3n) is 4.42. The fourth-order valence-corrected chi connectivity index (χ4v) is 2.74. The Labute approximate surface area is 149 Å². The van der Waals surface area contributed by atoms with Crippen molar-refractivity contribution >= 4 is 5.91 Å². The van der Waals surface area contributed by atoms with E-state index < -0.39 is 29.9 Å². The van der Waals surface area contributed by atoms with Gasteiger partial charge in [0.15, 0.2) is 0 Å². The fourth-order valence-electron chi connectivity index (χ4n) is 2.74. The van der Waals surface area contributed by atoms with Crippen molar-refractivity contribution in [3.8, 4) is 0 Å². The summed E-state index contributed by atoms with van der Waals surface area (Å²) in [6, 6.07) is 2.44. The second-order valence-electron chi connectivity index (χ2n) is 6.32. The van der Waals surface area contributed by atoms with Crippen LogP contribution in [-0.2, 0) is 23.9 Å². The van der Waals surface area contributed by atoms with Crippen LogP contribution in [0.3, 0.4) is 0 Å². The highest BCUT2D eigenvalue weighted by Crippen LogP contribution is 2.42. The highest BCUT2D eigenvalue weighted by molar-refractivity contribution is 5.79. The Balaban J connectivity index is 2.02. The lowest BCUT2D eigenvalue weighted by atomic mass is 9.95. The van der Waals surface area contributed by atoms with Crippen LogP contribution in [0.5, 0.6) is 0 Å². The molecule has 0 radical (unpaired) electrons. The Morgan fingerprint density at radius 3 is 2.42 bits per heavy atom. The number of aryl methyl sites for hydroxylation is 3. The molecule has 0 aromatic carbocycles. The SMILES string of the molecule is Cc1ccc([C@](O)(CCNC(=O)Cc2c(C)nn(C)c2C)C(F)(F)F)o1. The summed E-state index contributed by atoms with van der Waals surface area (Å²) in [7, 11) is 1.75. The Hall–Kier alpha value is -2.29. The van der Waals surface area contributed by atoms with Crippen LogP contribution in [0, 0.1) is 20.8 Å². The van der Waals surface area contributed by atoms with Crippen molar-refractivity contribution in [3.05, 3.63) is 40.6 Å². The van der Waals surface area contributed by atoms with Gasteiger partial charge >= 0.3 is 6.18 Å². The summed E-state index contributed by atoms with van der Waals surface area (Å²) in [6.07, 6.45) is -5.67. The number of aliphatic hydroxyl groups is 1. The molecule has 2 heterocycles. The molecule has 0 fully saturated rings. The second-order valence-corrected chi connectivity index (χ2v) is 6.32. The van der Waals surface area contributed by atoms with Gasteiger partial charge in [0.2, 0.25) is 11.5 Å². The van der Waals surface area contributed by atoms with Crippen LogP contribution in [0.1, 0.15) is 34.9 Å². The minimum Gasteiger partial charge on any atom is -0.463 e. The average molecular weight is 373 g/mol. The third kappa shape index (κ3) is 3.92. The van der Waals surface area contributed by atoms with E-state index in [1.807, 2.05) is 6.92 Å². The van der Waals surface area contributed by atoms with Crippen molar-refractivity contribution in [1.29, 1.82) is 0 Å². The van der Waals surface area contributed by atoms with Gasteiger partial charge in [-0.1, -0.05) is 0 Å². The maximum Gasteiger partial charge on any atom is 0.424 e. The largest absolute Gasteiger partial charge is 0.463 e. The van der Waals surface area contributed by atoms with E-state index in [0.29, 0.717) is 5.69 Å². The maximum atomic E-state index is 13.3. The van der Waals surface area contributed by atoms with Crippen molar-refractivity contribution in [2.24, 2.45) is 7.05 Å². The minimum atomic E-state index is -4.93. The predicted molar refractivity (Wildman–Crippen MR) is 87.4 cm³/mol. The van der Waals surface area contributed by atoms with E-state index in [1.54, 1.807) is 18.7 Å². The van der Waals surface area contributed by atoms with E-state index in [4.69, 9.17) is 4.42 Å². The predicted octanol–water partition coefficient (Wildman–Crippen LogP) is 2.44. The molecule has 2 N–H and O–H groups in total. The number of carbonyl (C=O) groups is 1. The number of alkyl halides is 3. The van der Waals surface area contributed by atoms with Gasteiger partial charge < -0.3 is 14.8 Å². The molecule has 2 rings (SSSR count). The van der Waals surface area contributed by atoms with Crippen molar-refractivity contribution < 1.29 is 27.5 Å². The van der Waals surface area contributed by atoms with Crippen LogP contribution in [0.25, 0.3) is 0 Å². The van der Waals surface area contributed by atoms with E-state index in [2.05, 4.69) is 10.4 Å². The van der Waals surface area contributed by atoms with Gasteiger partial charge in [-0.3, -0.25) is 9.48 Å². The lowest BCUT2D eigenvalue weighted by Crippen LogP contribution is -2.44. The zero-order valence-corrected chi connectivity index (χ0v) is 15.1. The molecule has 0 saturated carbocycles. The fraction of sp³-hybridized carbons (Fsp3) is 0.529. The Kier molecular flexibility index (Phi) is 5.50. The topological polar surface area (TPSA) is 80.3 Å². The third-order valence-corrected chi connectivity index (χ3v) is 4.42. The van der Waals surface area contributed by atoms with Gasteiger partial charge in [0, 0.05) is 31.3 Å². The molecule has 0 unspecified atom stereocenters. The molecular formula is C17H22F3N3O3. The number of nitrogens with one attached hydrogen (secondary N) is 1. The Bertz CT molecular complexity index is 795. The first kappa shape index (κ1) is 20.0. The van der Waals surface area contributed by atoms with Gasteiger partial charge in [0.25, 0.3) is 0 Å². The van der Waals surface area contributed by atoms with Crippen molar-refractivity contribution in [2.75, 3.05) is 6.54 Å². The lowest BCUT2D eigenvalue weighted by Gasteiger charge is -2.28. The van der Waals surface area contributed by atoms with Gasteiger partial charge in [-0.2, -0.15) is 18.3 Å². The highest BCUT2D eigenvalue weighted by Gasteiger charge is 2.56. The molecule has 6 nitrogen and oxygen atoms in total. The number of nitrogens with zero attached hydrogens (tertiary/aromatic N) is 2. The number of aromatic nitrogens is 2. The Morgan fingerprint density at radius 1 is 1.31 bits per heavy atom. The molecule has 0 aliphatic carbocycles. The summed E-state index contributed by atoms with van der Waals surface area (Å²) in [5.41, 5.74) is -0.916. The van der Waals surface area contributed by atoms with Crippen LogP contribution in [0.4, 0.5) is 13.2 Å². The van der Waals surface area contributed by atoms with Gasteiger partial charge in [0.1, 0.15) is 11.5 Å². The second kappa shape index (κ2) is 7.14. The first-order valence-corrected chi connectivity index (χ1v) is 8.07. The number of amides is 1. The van der Waals surface area contributed by atoms with Gasteiger partial charge in [-0.05, 0) is 32.9 Å². The molecule has 26 heavy (non-hydrogen) atoms. The van der Waals surface area contributed by atoms with Crippen molar-refractivity contribution in [1.82, 2.24) is 15.1 Å². The summed E-state index contributed by atoms with van der Waals surface area (Å²) in [5.74, 6) is -0.769. The number of hydrogen-bond donors (Lipinski definition) is 2. The molecule has 0 aliphatic rings. The highest BCUT2D eigenvalue weighted by atomic mass is 19.4. The van der Waals surface area contributed by atoms with Crippen LogP contribution in [0.2, 0.25) is 0 Å². The molecular weight excluding hydrogens is 351 g/mol. The van der Waals surface area contributed by atoms with E-state index in [1.165, 1.54) is 13.0 Å². The molecule has 144 valence electrons. The molecule has 0 saturated heterocycles. The van der Waals surface area contributed by atoms with Gasteiger partial charge in [0.05, 0.1) is 12.1 Å². The number of furan rings is 1. The van der Waals surface area contributed by atoms with Crippen molar-refractivity contribution in [2.45, 2.75) is 45.4 Å². The molecule has 1 atom stereocenters. The zero-order valence-electron chi connectivity index (χ0n) is 15.1. The first-order valence-electron chi connectivity index (χ1n) is 8.07. The molecule has 9 heteroatoms. The Morgan fingerprint density at radius 2 is 1.96 bits per heavy atom. The van der Waals surface area contributed by atoms with Gasteiger partial charge in [-0.25, -0.2) is 0 Å². The summed E-state index contributed by atoms with van der Waals surface area (Å²) in [6.45, 7) is 4.70. The van der Waals surface area contributed by atoms with Gasteiger partial charge in [-0.15, -0.1) is 0 Å². The molecule has 0 spiro atoms. The van der Waals surface area contributed by atoms with E-state index in [0.717, 1.165) is 17.3 Å². The molecule has 2 aromatic heterocycles. The normalized spacial score (nSPS) is 14.3. The molecule has 0 aliphatic heterocycles. The maximum absolute atomic E-state index is 13.3. The first-order chi connectivity index (χ1) is 12.0. The number of halogens is 3. The number of rotatable bonds is 6. The van der Waals surface area contributed by atoms with Crippen LogP contribution in [-0.4, -0.2) is 33.5 Å². The molecule has 0 bridgehead atoms. The average Bonchev–Trinajstić information content (AvgIpc) is 3.05. The zero-order chi connectivity index (χ0) is 19.7. The van der Waals surface area contributed by atoms with E-state index in [9.17, 15) is 23.1 Å².